The highest BCUT2D eigenvalue weighted by molar-refractivity contribution is 7.92. The Balaban J connectivity index is 1.66. The quantitative estimate of drug-likeness (QED) is 0.638. The molecular formula is C19H18F2N4O4S. The number of benzene rings is 1. The SMILES string of the molecule is Cc1oc(-c2[nH]ncc2C(=O)N2CCCC2)cc1S(=O)(=O)Nc1cc(F)ccc1F. The summed E-state index contributed by atoms with van der Waals surface area (Å²) < 4.78 is 60.3. The number of carbonyl (C=O) groups is 1. The first kappa shape index (κ1) is 20.1. The van der Waals surface area contributed by atoms with Crippen molar-refractivity contribution in [2.75, 3.05) is 17.8 Å². The van der Waals surface area contributed by atoms with Crippen molar-refractivity contribution in [2.24, 2.45) is 0 Å². The number of rotatable bonds is 5. The number of hydrogen-bond donors (Lipinski definition) is 2. The van der Waals surface area contributed by atoms with Gasteiger partial charge in [-0.1, -0.05) is 0 Å². The highest BCUT2D eigenvalue weighted by Gasteiger charge is 2.28. The molecule has 158 valence electrons. The van der Waals surface area contributed by atoms with E-state index in [9.17, 15) is 22.0 Å². The molecule has 30 heavy (non-hydrogen) atoms. The van der Waals surface area contributed by atoms with E-state index in [1.807, 2.05) is 4.72 Å². The van der Waals surface area contributed by atoms with Gasteiger partial charge in [0.05, 0.1) is 17.4 Å². The molecule has 8 nitrogen and oxygen atoms in total. The second-order valence-electron chi connectivity index (χ2n) is 6.92. The fourth-order valence-corrected chi connectivity index (χ4v) is 4.60. The molecule has 0 atom stereocenters. The minimum atomic E-state index is -4.28. The number of nitrogens with zero attached hydrogens (tertiary/aromatic N) is 2. The van der Waals surface area contributed by atoms with Gasteiger partial charge in [-0.25, -0.2) is 17.2 Å². The lowest BCUT2D eigenvalue weighted by atomic mass is 10.2. The van der Waals surface area contributed by atoms with Gasteiger partial charge in [0.1, 0.15) is 28.0 Å². The van der Waals surface area contributed by atoms with Crippen LogP contribution in [0.2, 0.25) is 0 Å². The van der Waals surface area contributed by atoms with Crippen molar-refractivity contribution in [3.63, 3.8) is 0 Å². The van der Waals surface area contributed by atoms with Crippen molar-refractivity contribution in [1.29, 1.82) is 0 Å². The zero-order valence-electron chi connectivity index (χ0n) is 15.9. The number of aryl methyl sites for hydroxylation is 1. The summed E-state index contributed by atoms with van der Waals surface area (Å²) in [6.45, 7) is 2.70. The Kier molecular flexibility index (Phi) is 5.06. The maximum Gasteiger partial charge on any atom is 0.265 e. The Bertz CT molecular complexity index is 1210. The van der Waals surface area contributed by atoms with E-state index in [0.29, 0.717) is 13.1 Å². The van der Waals surface area contributed by atoms with E-state index in [1.54, 1.807) is 4.90 Å². The van der Waals surface area contributed by atoms with E-state index in [4.69, 9.17) is 4.42 Å². The number of aromatic nitrogens is 2. The fourth-order valence-electron chi connectivity index (χ4n) is 3.36. The molecule has 0 bridgehead atoms. The third-order valence-corrected chi connectivity index (χ3v) is 6.32. The summed E-state index contributed by atoms with van der Waals surface area (Å²) in [6.07, 6.45) is 3.20. The zero-order valence-corrected chi connectivity index (χ0v) is 16.7. The van der Waals surface area contributed by atoms with Gasteiger partial charge < -0.3 is 9.32 Å². The summed E-state index contributed by atoms with van der Waals surface area (Å²) in [7, 11) is -4.28. The van der Waals surface area contributed by atoms with Gasteiger partial charge in [-0.15, -0.1) is 0 Å². The van der Waals surface area contributed by atoms with Gasteiger partial charge in [-0.2, -0.15) is 5.10 Å². The van der Waals surface area contributed by atoms with Gasteiger partial charge in [0, 0.05) is 25.2 Å². The van der Waals surface area contributed by atoms with Crippen LogP contribution >= 0.6 is 0 Å². The molecule has 3 aromatic rings. The normalized spacial score (nSPS) is 14.3. The second kappa shape index (κ2) is 7.56. The number of furan rings is 1. The Labute approximate surface area is 170 Å². The maximum absolute atomic E-state index is 13.9. The maximum atomic E-state index is 13.9. The topological polar surface area (TPSA) is 108 Å². The number of anilines is 1. The molecule has 1 fully saturated rings. The minimum absolute atomic E-state index is 0.0171. The van der Waals surface area contributed by atoms with Crippen LogP contribution in [0.4, 0.5) is 14.5 Å². The van der Waals surface area contributed by atoms with Crippen LogP contribution in [0.15, 0.2) is 39.8 Å². The number of aromatic amines is 1. The predicted octanol–water partition coefficient (Wildman–Crippen LogP) is 3.29. The molecule has 0 spiro atoms. The smallest absolute Gasteiger partial charge is 0.265 e. The van der Waals surface area contributed by atoms with Gasteiger partial charge in [0.15, 0.2) is 5.76 Å². The summed E-state index contributed by atoms with van der Waals surface area (Å²) in [5.41, 5.74) is -0.0179. The van der Waals surface area contributed by atoms with Crippen molar-refractivity contribution in [1.82, 2.24) is 15.1 Å². The van der Waals surface area contributed by atoms with E-state index in [1.165, 1.54) is 19.2 Å². The molecule has 11 heteroatoms. The first-order chi connectivity index (χ1) is 14.3. The first-order valence-electron chi connectivity index (χ1n) is 9.17. The third kappa shape index (κ3) is 3.67. The molecule has 1 aromatic carbocycles. The van der Waals surface area contributed by atoms with Gasteiger partial charge >= 0.3 is 0 Å². The summed E-state index contributed by atoms with van der Waals surface area (Å²) in [6, 6.07) is 3.65. The number of carbonyl (C=O) groups excluding carboxylic acids is 1. The fraction of sp³-hybridized carbons (Fsp3) is 0.263. The molecule has 1 saturated heterocycles. The summed E-state index contributed by atoms with van der Waals surface area (Å²) in [4.78, 5) is 14.1. The van der Waals surface area contributed by atoms with E-state index < -0.39 is 27.3 Å². The van der Waals surface area contributed by atoms with Crippen molar-refractivity contribution < 1.29 is 26.4 Å². The molecule has 0 aliphatic carbocycles. The minimum Gasteiger partial charge on any atom is -0.458 e. The average Bonchev–Trinajstić information content (AvgIpc) is 3.43. The number of sulfonamides is 1. The van der Waals surface area contributed by atoms with Crippen LogP contribution in [0.1, 0.15) is 29.0 Å². The molecule has 0 saturated carbocycles. The number of amides is 1. The van der Waals surface area contributed by atoms with Crippen LogP contribution in [-0.4, -0.2) is 42.5 Å². The van der Waals surface area contributed by atoms with Crippen molar-refractivity contribution in [2.45, 2.75) is 24.7 Å². The van der Waals surface area contributed by atoms with Crippen LogP contribution in [0, 0.1) is 18.6 Å². The van der Waals surface area contributed by atoms with Crippen LogP contribution < -0.4 is 4.72 Å². The molecule has 1 aliphatic rings. The third-order valence-electron chi connectivity index (χ3n) is 4.84. The lowest BCUT2D eigenvalue weighted by Crippen LogP contribution is -2.27. The molecule has 4 rings (SSSR count). The molecule has 3 heterocycles. The van der Waals surface area contributed by atoms with Crippen molar-refractivity contribution in [3.8, 4) is 11.5 Å². The number of nitrogens with one attached hydrogen (secondary N) is 2. The predicted molar refractivity (Wildman–Crippen MR) is 103 cm³/mol. The molecule has 2 N–H and O–H groups in total. The molecule has 0 radical (unpaired) electrons. The van der Waals surface area contributed by atoms with Gasteiger partial charge in [-0.05, 0) is 31.9 Å². The highest BCUT2D eigenvalue weighted by atomic mass is 32.2. The van der Waals surface area contributed by atoms with Crippen molar-refractivity contribution in [3.05, 3.63) is 53.4 Å². The standard InChI is InChI=1S/C19H18F2N4O4S/c1-11-17(30(27,28)24-15-8-12(20)4-5-14(15)21)9-16(29-11)18-13(10-22-23-18)19(26)25-6-2-3-7-25/h4-5,8-10,24H,2-3,6-7H2,1H3,(H,22,23). The van der Waals surface area contributed by atoms with E-state index >= 15 is 0 Å². The molecule has 2 aromatic heterocycles. The zero-order chi connectivity index (χ0) is 21.5. The summed E-state index contributed by atoms with van der Waals surface area (Å²) >= 11 is 0. The molecule has 1 amide bonds. The summed E-state index contributed by atoms with van der Waals surface area (Å²) in [5.74, 6) is -1.83. The van der Waals surface area contributed by atoms with E-state index in [0.717, 1.165) is 31.0 Å². The van der Waals surface area contributed by atoms with Crippen LogP contribution in [0.5, 0.6) is 0 Å². The molecular weight excluding hydrogens is 418 g/mol. The van der Waals surface area contributed by atoms with E-state index in [-0.39, 0.29) is 33.6 Å². The van der Waals surface area contributed by atoms with Crippen LogP contribution in [0.25, 0.3) is 11.5 Å². The monoisotopic (exact) mass is 436 g/mol. The Morgan fingerprint density at radius 3 is 2.70 bits per heavy atom. The van der Waals surface area contributed by atoms with E-state index in [2.05, 4.69) is 10.2 Å². The Morgan fingerprint density at radius 2 is 1.97 bits per heavy atom. The van der Waals surface area contributed by atoms with Crippen molar-refractivity contribution >= 4 is 21.6 Å². The molecule has 1 aliphatic heterocycles. The van der Waals surface area contributed by atoms with Gasteiger partial charge in [0.2, 0.25) is 0 Å². The lowest BCUT2D eigenvalue weighted by molar-refractivity contribution is 0.0793. The molecule has 0 unspecified atom stereocenters. The Hall–Kier alpha value is -3.21. The van der Waals surface area contributed by atoms with Crippen LogP contribution in [0.3, 0.4) is 0 Å². The highest BCUT2D eigenvalue weighted by Crippen LogP contribution is 2.31. The number of halogens is 2. The average molecular weight is 436 g/mol. The summed E-state index contributed by atoms with van der Waals surface area (Å²) in [5, 5.41) is 6.56. The number of hydrogen-bond acceptors (Lipinski definition) is 5. The Morgan fingerprint density at radius 1 is 1.23 bits per heavy atom. The van der Waals surface area contributed by atoms with Gasteiger partial charge in [0.25, 0.3) is 15.9 Å². The van der Waals surface area contributed by atoms with Crippen LogP contribution in [-0.2, 0) is 10.0 Å². The second-order valence-corrected chi connectivity index (χ2v) is 8.57. The largest absolute Gasteiger partial charge is 0.458 e. The first-order valence-corrected chi connectivity index (χ1v) is 10.7. The number of H-pyrrole nitrogens is 1. The number of likely N-dealkylation sites (tertiary alicyclic amines) is 1. The lowest BCUT2D eigenvalue weighted by Gasteiger charge is -2.14. The van der Waals surface area contributed by atoms with Gasteiger partial charge in [-0.3, -0.25) is 14.6 Å².